The smallest absolute Gasteiger partial charge is 0.136 e. The molecule has 0 atom stereocenters. The van der Waals surface area contributed by atoms with Gasteiger partial charge in [0.15, 0.2) is 0 Å². The molecule has 4 heteroatoms. The molecule has 1 nitrogen and oxygen atoms in total. The lowest BCUT2D eigenvalue weighted by molar-refractivity contribution is 0.398. The highest BCUT2D eigenvalue weighted by Gasteiger charge is 2.44. The van der Waals surface area contributed by atoms with E-state index in [9.17, 15) is 0 Å². The van der Waals surface area contributed by atoms with Crippen molar-refractivity contribution in [2.45, 2.75) is 232 Å². The van der Waals surface area contributed by atoms with Crippen molar-refractivity contribution in [3.63, 3.8) is 0 Å². The van der Waals surface area contributed by atoms with Crippen LogP contribution in [0.1, 0.15) is 241 Å². The maximum atomic E-state index is 6.49. The van der Waals surface area contributed by atoms with Gasteiger partial charge in [-0.25, -0.2) is 0 Å². The molecule has 0 unspecified atom stereocenters. The van der Waals surface area contributed by atoms with E-state index in [0.29, 0.717) is 0 Å². The number of benzene rings is 10. The zero-order chi connectivity index (χ0) is 69.3. The van der Waals surface area contributed by atoms with Crippen LogP contribution in [0.15, 0.2) is 186 Å². The highest BCUT2D eigenvalue weighted by Crippen LogP contribution is 2.59. The third kappa shape index (κ3) is 13.1. The van der Waals surface area contributed by atoms with E-state index in [1.165, 1.54) is 318 Å². The van der Waals surface area contributed by atoms with E-state index in [1.807, 2.05) is 34.0 Å². The van der Waals surface area contributed by atoms with Crippen LogP contribution in [0, 0.1) is 13.8 Å². The first-order chi connectivity index (χ1) is 50.1. The molecule has 2 aliphatic carbocycles. The second-order valence-electron chi connectivity index (χ2n) is 31.2. The summed E-state index contributed by atoms with van der Waals surface area (Å²) >= 11 is 5.84. The molecule has 0 amide bonds. The molecule has 102 heavy (non-hydrogen) atoms. The SMILES string of the molecule is CCCCCCCCC1(CCCCCCCC)c2cc(C)ccc2-c2ccc(-c3cc(-c4ccc5c(c4)C(CCCCCCCC)(CCCCCCCC)c4cc(-c6ccc7c(c6)sc6c8ccc(C)cc8sc76)ccc4-5)cc(-c4ccc5sc6cc7oc8ccccc8c7cc6c5c4)c3)cc21. The molecular weight excluding hydrogens is 1290 g/mol. The lowest BCUT2D eigenvalue weighted by Gasteiger charge is -2.33. The summed E-state index contributed by atoms with van der Waals surface area (Å²) < 4.78 is 14.7. The first-order valence-corrected chi connectivity index (χ1v) is 42.5. The van der Waals surface area contributed by atoms with Gasteiger partial charge in [0.2, 0.25) is 0 Å². The Bertz CT molecular complexity index is 5330. The molecule has 4 aromatic heterocycles. The van der Waals surface area contributed by atoms with E-state index in [4.69, 9.17) is 4.42 Å². The van der Waals surface area contributed by atoms with E-state index in [2.05, 4.69) is 224 Å². The van der Waals surface area contributed by atoms with Crippen LogP contribution < -0.4 is 0 Å². The van der Waals surface area contributed by atoms with Gasteiger partial charge < -0.3 is 4.42 Å². The molecular formula is C98H104OS3. The molecule has 10 aromatic carbocycles. The lowest BCUT2D eigenvalue weighted by Crippen LogP contribution is -2.25. The molecule has 0 saturated carbocycles. The van der Waals surface area contributed by atoms with Crippen LogP contribution >= 0.6 is 34.0 Å². The number of fused-ring (bicyclic) bond motifs is 17. The molecule has 0 fully saturated rings. The van der Waals surface area contributed by atoms with Gasteiger partial charge in [-0.3, -0.25) is 0 Å². The van der Waals surface area contributed by atoms with E-state index < -0.39 is 0 Å². The number of hydrogen-bond donors (Lipinski definition) is 0. The average Bonchev–Trinajstić information content (AvgIpc) is 1.57. The Morgan fingerprint density at radius 2 is 0.637 bits per heavy atom. The molecule has 14 aromatic rings. The third-order valence-electron chi connectivity index (χ3n) is 24.2. The first kappa shape index (κ1) is 68.8. The first-order valence-electron chi connectivity index (χ1n) is 40.0. The summed E-state index contributed by atoms with van der Waals surface area (Å²) in [5.74, 6) is 0. The number of furan rings is 1. The zero-order valence-corrected chi connectivity index (χ0v) is 64.2. The Kier molecular flexibility index (Phi) is 20.4. The molecule has 0 saturated heterocycles. The van der Waals surface area contributed by atoms with Crippen molar-refractivity contribution in [2.24, 2.45) is 0 Å². The molecule has 0 N–H and O–H groups in total. The molecule has 0 bridgehead atoms. The number of hydrogen-bond acceptors (Lipinski definition) is 4. The van der Waals surface area contributed by atoms with E-state index in [1.54, 1.807) is 22.3 Å². The van der Waals surface area contributed by atoms with Gasteiger partial charge in [-0.2, -0.15) is 0 Å². The molecule has 520 valence electrons. The van der Waals surface area contributed by atoms with Gasteiger partial charge in [-0.05, 0) is 213 Å². The molecule has 2 aliphatic rings. The van der Waals surface area contributed by atoms with Crippen molar-refractivity contribution >= 4 is 106 Å². The van der Waals surface area contributed by atoms with Crippen molar-refractivity contribution in [3.05, 3.63) is 215 Å². The molecule has 0 aliphatic heterocycles. The van der Waals surface area contributed by atoms with Crippen LogP contribution in [0.4, 0.5) is 0 Å². The number of rotatable bonds is 32. The summed E-state index contributed by atoms with van der Waals surface area (Å²) in [6.07, 6.45) is 36.0. The van der Waals surface area contributed by atoms with Crippen LogP contribution in [-0.4, -0.2) is 0 Å². The van der Waals surface area contributed by atoms with Crippen LogP contribution in [0.3, 0.4) is 0 Å². The normalized spacial score (nSPS) is 13.7. The Morgan fingerprint density at radius 1 is 0.255 bits per heavy atom. The quantitative estimate of drug-likeness (QED) is 0.0383. The van der Waals surface area contributed by atoms with Crippen LogP contribution in [-0.2, 0) is 10.8 Å². The number of aryl methyl sites for hydroxylation is 2. The van der Waals surface area contributed by atoms with Gasteiger partial charge in [-0.15, -0.1) is 34.0 Å². The number of thiophene rings is 3. The van der Waals surface area contributed by atoms with Crippen LogP contribution in [0.2, 0.25) is 0 Å². The molecule has 0 spiro atoms. The summed E-state index contributed by atoms with van der Waals surface area (Å²) in [6, 6.07) is 73.4. The Morgan fingerprint density at radius 3 is 1.17 bits per heavy atom. The van der Waals surface area contributed by atoms with E-state index in [-0.39, 0.29) is 10.8 Å². The highest BCUT2D eigenvalue weighted by molar-refractivity contribution is 7.36. The zero-order valence-electron chi connectivity index (χ0n) is 61.8. The van der Waals surface area contributed by atoms with Crippen molar-refractivity contribution in [3.8, 4) is 66.8 Å². The lowest BCUT2D eigenvalue weighted by atomic mass is 9.69. The number of unbranched alkanes of at least 4 members (excludes halogenated alkanes) is 20. The molecule has 0 radical (unpaired) electrons. The summed E-state index contributed by atoms with van der Waals surface area (Å²) in [4.78, 5) is 0. The summed E-state index contributed by atoms with van der Waals surface area (Å²) in [5, 5.41) is 7.78. The Labute approximate surface area is 619 Å². The van der Waals surface area contributed by atoms with Gasteiger partial charge in [0.05, 0.1) is 9.40 Å². The van der Waals surface area contributed by atoms with Gasteiger partial charge in [0.25, 0.3) is 0 Å². The number of para-hydroxylation sites is 1. The van der Waals surface area contributed by atoms with Crippen molar-refractivity contribution in [1.29, 1.82) is 0 Å². The predicted molar refractivity (Wildman–Crippen MR) is 451 cm³/mol. The maximum absolute atomic E-state index is 6.49. The summed E-state index contributed by atoms with van der Waals surface area (Å²) in [6.45, 7) is 14.0. The minimum Gasteiger partial charge on any atom is -0.456 e. The van der Waals surface area contributed by atoms with Gasteiger partial charge >= 0.3 is 0 Å². The van der Waals surface area contributed by atoms with Crippen LogP contribution in [0.5, 0.6) is 0 Å². The Hall–Kier alpha value is -7.60. The van der Waals surface area contributed by atoms with Crippen LogP contribution in [0.25, 0.3) is 138 Å². The van der Waals surface area contributed by atoms with Crippen molar-refractivity contribution in [2.75, 3.05) is 0 Å². The second-order valence-corrected chi connectivity index (χ2v) is 34.4. The Balaban J connectivity index is 0.850. The second kappa shape index (κ2) is 30.2. The van der Waals surface area contributed by atoms with Gasteiger partial charge in [-0.1, -0.05) is 290 Å². The summed E-state index contributed by atoms with van der Waals surface area (Å²) in [7, 11) is 0. The maximum Gasteiger partial charge on any atom is 0.136 e. The standard InChI is InChI=1S/C98H104OS3/c1-7-11-15-19-23-29-49-97(50-30-24-20-16-12-8-2)85-53-65(5)35-42-75(85)76-45-38-69(60-87(76)97)73-55-72(67-41-48-91-83(58-67)84-63-82-79-33-27-28-34-89(79)99-90(82)64-94(84)100-91)56-74(57-73)70-39-46-78-77-44-37-68(71-40-47-81-93(62-71)102-95-80-43-36-66(6)54-92(80)101-96(81)95)59-86(77)98(88(78)61-70,51-31-25-21-17-13-9-3)52-32-26-22-18-14-10-4/h27-28,33-48,53-64H,7-26,29-32,49-52H2,1-6H3. The molecule has 4 heterocycles. The average molecular weight is 1390 g/mol. The fraction of sp³-hybridized carbons (Fsp3) is 0.367. The van der Waals surface area contributed by atoms with E-state index >= 15 is 0 Å². The minimum absolute atomic E-state index is 0.0221. The van der Waals surface area contributed by atoms with Crippen molar-refractivity contribution in [1.82, 2.24) is 0 Å². The topological polar surface area (TPSA) is 13.1 Å². The van der Waals surface area contributed by atoms with Gasteiger partial charge in [0, 0.05) is 61.9 Å². The van der Waals surface area contributed by atoms with E-state index in [0.717, 1.165) is 11.2 Å². The monoisotopic (exact) mass is 1390 g/mol. The largest absolute Gasteiger partial charge is 0.456 e. The molecule has 16 rings (SSSR count). The third-order valence-corrected chi connectivity index (χ3v) is 27.8. The fourth-order valence-corrected chi connectivity index (χ4v) is 22.5. The van der Waals surface area contributed by atoms with Crippen molar-refractivity contribution < 1.29 is 4.42 Å². The fourth-order valence-electron chi connectivity index (χ4n) is 18.6. The predicted octanol–water partition coefficient (Wildman–Crippen LogP) is 32.4. The minimum atomic E-state index is -0.112. The summed E-state index contributed by atoms with van der Waals surface area (Å²) in [5.41, 5.74) is 27.1. The van der Waals surface area contributed by atoms with Gasteiger partial charge in [0.1, 0.15) is 11.2 Å². The highest BCUT2D eigenvalue weighted by atomic mass is 32.1.